The van der Waals surface area contributed by atoms with Gasteiger partial charge in [0, 0.05) is 38.6 Å². The Morgan fingerprint density at radius 3 is 2.60 bits per heavy atom. The number of carbonyl (C=O) groups excluding carboxylic acids is 1. The summed E-state index contributed by atoms with van der Waals surface area (Å²) in [5.74, 6) is 0.177. The monoisotopic (exact) mass is 212 g/mol. The number of likely N-dealkylation sites (N-methyl/N-ethyl adjacent to an activating group) is 1. The van der Waals surface area contributed by atoms with Crippen LogP contribution in [-0.2, 0) is 4.79 Å². The quantitative estimate of drug-likeness (QED) is 0.711. The lowest BCUT2D eigenvalue weighted by Crippen LogP contribution is -2.44. The first kappa shape index (κ1) is 12.5. The highest BCUT2D eigenvalue weighted by Crippen LogP contribution is 2.25. The maximum atomic E-state index is 11.3. The normalized spacial score (nSPS) is 23.1. The molecule has 3 heteroatoms. The molecular weight excluding hydrogens is 188 g/mol. The van der Waals surface area contributed by atoms with Crippen molar-refractivity contribution in [2.24, 2.45) is 0 Å². The van der Waals surface area contributed by atoms with E-state index < -0.39 is 0 Å². The van der Waals surface area contributed by atoms with Crippen LogP contribution in [0.4, 0.5) is 0 Å². The lowest BCUT2D eigenvalue weighted by molar-refractivity contribution is -0.129. The topological polar surface area (TPSA) is 23.6 Å². The van der Waals surface area contributed by atoms with Gasteiger partial charge in [0.1, 0.15) is 0 Å². The van der Waals surface area contributed by atoms with Crippen molar-refractivity contribution < 1.29 is 4.79 Å². The van der Waals surface area contributed by atoms with Crippen molar-refractivity contribution in [1.82, 2.24) is 9.80 Å². The number of amides is 1. The molecule has 15 heavy (non-hydrogen) atoms. The third-order valence-corrected chi connectivity index (χ3v) is 3.93. The first-order chi connectivity index (χ1) is 6.88. The van der Waals surface area contributed by atoms with Gasteiger partial charge in [0.05, 0.1) is 0 Å². The fourth-order valence-electron chi connectivity index (χ4n) is 2.09. The van der Waals surface area contributed by atoms with Crippen molar-refractivity contribution in [1.29, 1.82) is 0 Å². The smallest absolute Gasteiger partial charge is 0.219 e. The average molecular weight is 212 g/mol. The molecule has 1 fully saturated rings. The molecule has 0 bridgehead atoms. The number of nitrogens with zero attached hydrogens (tertiary/aromatic N) is 2. The average Bonchev–Trinajstić information content (AvgIpc) is 2.65. The molecule has 3 nitrogen and oxygen atoms in total. The van der Waals surface area contributed by atoms with Crippen LogP contribution in [0.3, 0.4) is 0 Å². The van der Waals surface area contributed by atoms with Crippen LogP contribution in [0.5, 0.6) is 0 Å². The molecule has 0 aromatic heterocycles. The summed E-state index contributed by atoms with van der Waals surface area (Å²) in [6, 6.07) is 0.410. The second kappa shape index (κ2) is 4.52. The molecule has 0 saturated carbocycles. The van der Waals surface area contributed by atoms with E-state index in [0.29, 0.717) is 6.04 Å². The highest BCUT2D eigenvalue weighted by atomic mass is 16.2. The predicted octanol–water partition coefficient (Wildman–Crippen LogP) is 1.73. The Kier molecular flexibility index (Phi) is 3.77. The lowest BCUT2D eigenvalue weighted by Gasteiger charge is -2.35. The van der Waals surface area contributed by atoms with E-state index in [1.807, 2.05) is 11.9 Å². The minimum Gasteiger partial charge on any atom is -0.342 e. The second-order valence-corrected chi connectivity index (χ2v) is 5.18. The van der Waals surface area contributed by atoms with E-state index in [9.17, 15) is 4.79 Å². The zero-order valence-electron chi connectivity index (χ0n) is 10.7. The first-order valence-electron chi connectivity index (χ1n) is 5.87. The van der Waals surface area contributed by atoms with Gasteiger partial charge in [-0.2, -0.15) is 0 Å². The Morgan fingerprint density at radius 2 is 2.13 bits per heavy atom. The Morgan fingerprint density at radius 1 is 1.53 bits per heavy atom. The van der Waals surface area contributed by atoms with Crippen molar-refractivity contribution in [3.8, 4) is 0 Å². The summed E-state index contributed by atoms with van der Waals surface area (Å²) in [7, 11) is 1.91. The van der Waals surface area contributed by atoms with Gasteiger partial charge in [-0.1, -0.05) is 6.92 Å². The van der Waals surface area contributed by atoms with Crippen LogP contribution in [0.1, 0.15) is 40.5 Å². The molecule has 1 aliphatic rings. The number of carbonyl (C=O) groups is 1. The van der Waals surface area contributed by atoms with E-state index in [1.165, 1.54) is 0 Å². The van der Waals surface area contributed by atoms with Crippen molar-refractivity contribution in [3.05, 3.63) is 0 Å². The highest BCUT2D eigenvalue weighted by Gasteiger charge is 2.34. The van der Waals surface area contributed by atoms with E-state index in [2.05, 4.69) is 25.7 Å². The Balaban J connectivity index is 2.56. The molecule has 1 aliphatic heterocycles. The number of hydrogen-bond donors (Lipinski definition) is 0. The zero-order valence-corrected chi connectivity index (χ0v) is 10.7. The molecule has 0 radical (unpaired) electrons. The van der Waals surface area contributed by atoms with Crippen LogP contribution in [0.25, 0.3) is 0 Å². The van der Waals surface area contributed by atoms with Crippen molar-refractivity contribution >= 4 is 5.91 Å². The molecule has 1 heterocycles. The van der Waals surface area contributed by atoms with E-state index in [-0.39, 0.29) is 11.4 Å². The fourth-order valence-corrected chi connectivity index (χ4v) is 2.09. The summed E-state index contributed by atoms with van der Waals surface area (Å²) in [5, 5.41) is 0. The minimum atomic E-state index is 0.177. The standard InChI is InChI=1S/C12H24N2O/c1-6-12(3,4)14-8-7-11(9-14)13(5)10(2)15/h11H,6-9H2,1-5H3/t11-/m1/s1. The van der Waals surface area contributed by atoms with Gasteiger partial charge in [-0.15, -0.1) is 0 Å². The molecule has 0 aromatic carbocycles. The van der Waals surface area contributed by atoms with Crippen LogP contribution >= 0.6 is 0 Å². The van der Waals surface area contributed by atoms with E-state index in [0.717, 1.165) is 25.9 Å². The Bertz CT molecular complexity index is 238. The molecule has 0 N–H and O–H groups in total. The molecule has 1 rings (SSSR count). The number of rotatable bonds is 3. The predicted molar refractivity (Wildman–Crippen MR) is 62.8 cm³/mol. The third kappa shape index (κ3) is 2.71. The Hall–Kier alpha value is -0.570. The van der Waals surface area contributed by atoms with Gasteiger partial charge in [0.25, 0.3) is 0 Å². The van der Waals surface area contributed by atoms with Gasteiger partial charge in [-0.25, -0.2) is 0 Å². The SMILES string of the molecule is CCC(C)(C)N1CC[C@@H](N(C)C(C)=O)C1. The van der Waals surface area contributed by atoms with Crippen LogP contribution in [0.15, 0.2) is 0 Å². The van der Waals surface area contributed by atoms with Crippen LogP contribution in [0.2, 0.25) is 0 Å². The van der Waals surface area contributed by atoms with Gasteiger partial charge in [0.15, 0.2) is 0 Å². The summed E-state index contributed by atoms with van der Waals surface area (Å²) in [4.78, 5) is 15.6. The van der Waals surface area contributed by atoms with Gasteiger partial charge in [0.2, 0.25) is 5.91 Å². The summed E-state index contributed by atoms with van der Waals surface area (Å²) in [6.45, 7) is 10.6. The molecule has 0 aromatic rings. The first-order valence-corrected chi connectivity index (χ1v) is 5.87. The van der Waals surface area contributed by atoms with E-state index in [4.69, 9.17) is 0 Å². The van der Waals surface area contributed by atoms with Crippen molar-refractivity contribution in [3.63, 3.8) is 0 Å². The van der Waals surface area contributed by atoms with Crippen LogP contribution < -0.4 is 0 Å². The van der Waals surface area contributed by atoms with E-state index >= 15 is 0 Å². The molecule has 1 saturated heterocycles. The van der Waals surface area contributed by atoms with Crippen LogP contribution in [-0.4, -0.2) is 47.4 Å². The van der Waals surface area contributed by atoms with Gasteiger partial charge in [-0.3, -0.25) is 9.69 Å². The van der Waals surface area contributed by atoms with Gasteiger partial charge in [-0.05, 0) is 26.7 Å². The van der Waals surface area contributed by atoms with Crippen LogP contribution in [0, 0.1) is 0 Å². The molecule has 88 valence electrons. The molecule has 0 aliphatic carbocycles. The molecule has 1 atom stereocenters. The maximum absolute atomic E-state index is 11.3. The minimum absolute atomic E-state index is 0.177. The highest BCUT2D eigenvalue weighted by molar-refractivity contribution is 5.73. The van der Waals surface area contributed by atoms with Gasteiger partial charge < -0.3 is 4.90 Å². The molecule has 1 amide bonds. The summed E-state index contributed by atoms with van der Waals surface area (Å²) in [5.41, 5.74) is 0.270. The Labute approximate surface area is 93.4 Å². The number of hydrogen-bond acceptors (Lipinski definition) is 2. The summed E-state index contributed by atoms with van der Waals surface area (Å²) in [6.07, 6.45) is 2.27. The van der Waals surface area contributed by atoms with Crippen molar-refractivity contribution in [2.75, 3.05) is 20.1 Å². The van der Waals surface area contributed by atoms with E-state index in [1.54, 1.807) is 6.92 Å². The fraction of sp³-hybridized carbons (Fsp3) is 0.917. The largest absolute Gasteiger partial charge is 0.342 e. The van der Waals surface area contributed by atoms with Crippen molar-refractivity contribution in [2.45, 2.75) is 52.1 Å². The molecular formula is C12H24N2O. The second-order valence-electron chi connectivity index (χ2n) is 5.18. The maximum Gasteiger partial charge on any atom is 0.219 e. The lowest BCUT2D eigenvalue weighted by atomic mass is 10.0. The molecule has 0 spiro atoms. The summed E-state index contributed by atoms with van der Waals surface area (Å²) < 4.78 is 0. The zero-order chi connectivity index (χ0) is 11.6. The third-order valence-electron chi connectivity index (χ3n) is 3.93. The molecule has 0 unspecified atom stereocenters. The summed E-state index contributed by atoms with van der Waals surface area (Å²) >= 11 is 0. The number of likely N-dealkylation sites (tertiary alicyclic amines) is 1. The van der Waals surface area contributed by atoms with Gasteiger partial charge >= 0.3 is 0 Å².